The summed E-state index contributed by atoms with van der Waals surface area (Å²) in [6, 6.07) is 3.91. The van der Waals surface area contributed by atoms with Crippen molar-refractivity contribution >= 4 is 12.0 Å². The zero-order chi connectivity index (χ0) is 11.8. The largest absolute Gasteiger partial charge is 0.478 e. The predicted octanol–water partition coefficient (Wildman–Crippen LogP) is 1.78. The van der Waals surface area contributed by atoms with Gasteiger partial charge in [-0.05, 0) is 29.9 Å². The Bertz CT molecular complexity index is 585. The number of nitrogens with zero attached hydrogens (tertiary/aromatic N) is 2. The number of hydrogen-bond donors (Lipinski definition) is 1. The maximum atomic E-state index is 10.9. The summed E-state index contributed by atoms with van der Waals surface area (Å²) in [7, 11) is 0. The molecule has 0 radical (unpaired) electrons. The van der Waals surface area contributed by atoms with Crippen LogP contribution in [0.2, 0.25) is 0 Å². The van der Waals surface area contributed by atoms with Crippen LogP contribution >= 0.6 is 0 Å². The Kier molecular flexibility index (Phi) is 2.08. The average molecular weight is 226 g/mol. The molecule has 0 aromatic carbocycles. The van der Waals surface area contributed by atoms with Gasteiger partial charge in [0, 0.05) is 18.1 Å². The third-order valence-corrected chi connectivity index (χ3v) is 2.86. The fourth-order valence-corrected chi connectivity index (χ4v) is 1.99. The summed E-state index contributed by atoms with van der Waals surface area (Å²) in [4.78, 5) is 17.1. The minimum atomic E-state index is -0.910. The molecule has 0 bridgehead atoms. The molecule has 3 heterocycles. The second kappa shape index (κ2) is 3.59. The summed E-state index contributed by atoms with van der Waals surface area (Å²) < 4.78 is 0. The van der Waals surface area contributed by atoms with Crippen LogP contribution in [-0.4, -0.2) is 21.0 Å². The lowest BCUT2D eigenvalue weighted by Crippen LogP contribution is -2.23. The van der Waals surface area contributed by atoms with E-state index < -0.39 is 5.97 Å². The van der Waals surface area contributed by atoms with Gasteiger partial charge in [-0.2, -0.15) is 0 Å². The van der Waals surface area contributed by atoms with Crippen LogP contribution in [0.3, 0.4) is 0 Å². The monoisotopic (exact) mass is 226 g/mol. The molecule has 4 heteroatoms. The SMILES string of the molecule is O=C(O)C1=CN2Cc3ncccc3C=C2C=C1. The van der Waals surface area contributed by atoms with Crippen LogP contribution in [0.4, 0.5) is 0 Å². The minimum absolute atomic E-state index is 0.293. The molecule has 0 saturated carbocycles. The zero-order valence-corrected chi connectivity index (χ0v) is 9.00. The first-order valence-corrected chi connectivity index (χ1v) is 5.29. The molecule has 0 saturated heterocycles. The van der Waals surface area contributed by atoms with Crippen LogP contribution in [0, 0.1) is 0 Å². The van der Waals surface area contributed by atoms with Gasteiger partial charge < -0.3 is 10.0 Å². The van der Waals surface area contributed by atoms with Crippen molar-refractivity contribution in [1.29, 1.82) is 0 Å². The van der Waals surface area contributed by atoms with Gasteiger partial charge in [-0.25, -0.2) is 4.79 Å². The highest BCUT2D eigenvalue weighted by Gasteiger charge is 2.20. The Morgan fingerprint density at radius 3 is 3.12 bits per heavy atom. The summed E-state index contributed by atoms with van der Waals surface area (Å²) in [5.41, 5.74) is 3.35. The third-order valence-electron chi connectivity index (χ3n) is 2.86. The lowest BCUT2D eigenvalue weighted by Gasteiger charge is -2.29. The first-order chi connectivity index (χ1) is 8.24. The van der Waals surface area contributed by atoms with E-state index in [1.165, 1.54) is 0 Å². The zero-order valence-electron chi connectivity index (χ0n) is 9.00. The van der Waals surface area contributed by atoms with Crippen molar-refractivity contribution in [2.24, 2.45) is 0 Å². The van der Waals surface area contributed by atoms with E-state index in [0.29, 0.717) is 12.1 Å². The van der Waals surface area contributed by atoms with E-state index in [0.717, 1.165) is 17.0 Å². The summed E-state index contributed by atoms with van der Waals surface area (Å²) >= 11 is 0. The molecule has 0 amide bonds. The van der Waals surface area contributed by atoms with Crippen LogP contribution in [0.5, 0.6) is 0 Å². The third kappa shape index (κ3) is 1.63. The number of pyridine rings is 1. The Hall–Kier alpha value is -2.36. The summed E-state index contributed by atoms with van der Waals surface area (Å²) in [5.74, 6) is -0.910. The molecule has 84 valence electrons. The van der Waals surface area contributed by atoms with Crippen LogP contribution in [0.15, 0.2) is 48.0 Å². The van der Waals surface area contributed by atoms with E-state index in [9.17, 15) is 4.79 Å². The fourth-order valence-electron chi connectivity index (χ4n) is 1.99. The van der Waals surface area contributed by atoms with Crippen LogP contribution in [-0.2, 0) is 11.3 Å². The van der Waals surface area contributed by atoms with Crippen molar-refractivity contribution in [3.63, 3.8) is 0 Å². The van der Waals surface area contributed by atoms with Gasteiger partial charge in [0.05, 0.1) is 17.8 Å². The number of aromatic nitrogens is 1. The quantitative estimate of drug-likeness (QED) is 0.793. The van der Waals surface area contributed by atoms with Crippen molar-refractivity contribution in [2.45, 2.75) is 6.54 Å². The lowest BCUT2D eigenvalue weighted by molar-refractivity contribution is -0.132. The second-order valence-electron chi connectivity index (χ2n) is 3.96. The molecular weight excluding hydrogens is 216 g/mol. The molecule has 1 aromatic heterocycles. The van der Waals surface area contributed by atoms with Gasteiger partial charge in [0.25, 0.3) is 0 Å². The van der Waals surface area contributed by atoms with Crippen LogP contribution < -0.4 is 0 Å². The molecular formula is C13H10N2O2. The topological polar surface area (TPSA) is 53.4 Å². The number of carbonyl (C=O) groups is 1. The predicted molar refractivity (Wildman–Crippen MR) is 62.6 cm³/mol. The first kappa shape index (κ1) is 9.84. The Morgan fingerprint density at radius 2 is 2.29 bits per heavy atom. The number of hydrogen-bond acceptors (Lipinski definition) is 3. The van der Waals surface area contributed by atoms with Crippen molar-refractivity contribution in [1.82, 2.24) is 9.88 Å². The van der Waals surface area contributed by atoms with Gasteiger partial charge in [-0.1, -0.05) is 6.07 Å². The number of carboxylic acids is 1. The summed E-state index contributed by atoms with van der Waals surface area (Å²) in [6.07, 6.45) is 8.84. The van der Waals surface area contributed by atoms with Gasteiger partial charge in [0.2, 0.25) is 0 Å². The lowest BCUT2D eigenvalue weighted by atomic mass is 10.0. The van der Waals surface area contributed by atoms with Gasteiger partial charge in [0.1, 0.15) is 0 Å². The number of fused-ring (bicyclic) bond motifs is 2. The molecule has 1 N–H and O–H groups in total. The van der Waals surface area contributed by atoms with Crippen LogP contribution in [0.25, 0.3) is 6.08 Å². The number of rotatable bonds is 1. The number of carboxylic acid groups (broad SMARTS) is 1. The maximum Gasteiger partial charge on any atom is 0.337 e. The number of allylic oxidation sites excluding steroid dienone is 1. The molecule has 0 aliphatic carbocycles. The molecule has 2 aliphatic heterocycles. The summed E-state index contributed by atoms with van der Waals surface area (Å²) in [6.45, 7) is 0.614. The smallest absolute Gasteiger partial charge is 0.337 e. The molecule has 0 atom stereocenters. The molecule has 3 rings (SSSR count). The molecule has 2 aliphatic rings. The molecule has 0 unspecified atom stereocenters. The van der Waals surface area contributed by atoms with Crippen molar-refractivity contribution < 1.29 is 9.90 Å². The Balaban J connectivity index is 2.03. The highest BCUT2D eigenvalue weighted by atomic mass is 16.4. The maximum absolute atomic E-state index is 10.9. The standard InChI is InChI=1S/C13H10N2O2/c16-13(17)10-3-4-11-6-9-2-1-5-14-12(9)8-15(11)7-10/h1-7H,8H2,(H,16,17). The minimum Gasteiger partial charge on any atom is -0.478 e. The van der Waals surface area contributed by atoms with Gasteiger partial charge >= 0.3 is 5.97 Å². The molecule has 1 aromatic rings. The Morgan fingerprint density at radius 1 is 1.41 bits per heavy atom. The van der Waals surface area contributed by atoms with Crippen molar-refractivity contribution in [3.05, 3.63) is 59.2 Å². The molecule has 4 nitrogen and oxygen atoms in total. The summed E-state index contributed by atoms with van der Waals surface area (Å²) in [5, 5.41) is 8.94. The van der Waals surface area contributed by atoms with E-state index in [4.69, 9.17) is 5.11 Å². The Labute approximate surface area is 98.2 Å². The first-order valence-electron chi connectivity index (χ1n) is 5.29. The van der Waals surface area contributed by atoms with E-state index in [-0.39, 0.29) is 0 Å². The van der Waals surface area contributed by atoms with Crippen LogP contribution in [0.1, 0.15) is 11.3 Å². The van der Waals surface area contributed by atoms with Gasteiger partial charge in [-0.15, -0.1) is 0 Å². The van der Waals surface area contributed by atoms with Crippen molar-refractivity contribution in [2.75, 3.05) is 0 Å². The fraction of sp³-hybridized carbons (Fsp3) is 0.0769. The van der Waals surface area contributed by atoms with E-state index in [2.05, 4.69) is 4.98 Å². The van der Waals surface area contributed by atoms with Gasteiger partial charge in [-0.3, -0.25) is 4.98 Å². The molecule has 0 spiro atoms. The van der Waals surface area contributed by atoms with E-state index in [1.54, 1.807) is 18.5 Å². The number of aliphatic carboxylic acids is 1. The van der Waals surface area contributed by atoms with E-state index in [1.807, 2.05) is 29.2 Å². The van der Waals surface area contributed by atoms with Crippen molar-refractivity contribution in [3.8, 4) is 0 Å². The van der Waals surface area contributed by atoms with Gasteiger partial charge in [0.15, 0.2) is 0 Å². The second-order valence-corrected chi connectivity index (χ2v) is 3.96. The average Bonchev–Trinajstić information content (AvgIpc) is 2.35. The van der Waals surface area contributed by atoms with E-state index >= 15 is 0 Å². The highest BCUT2D eigenvalue weighted by Crippen LogP contribution is 2.27. The normalized spacial score (nSPS) is 16.8. The molecule has 0 fully saturated rings. The highest BCUT2D eigenvalue weighted by molar-refractivity contribution is 5.90. The molecule has 17 heavy (non-hydrogen) atoms.